The van der Waals surface area contributed by atoms with E-state index in [1.807, 2.05) is 4.90 Å². The molecule has 0 atom stereocenters. The van der Waals surface area contributed by atoms with Crippen LogP contribution in [0.4, 0.5) is 4.79 Å². The van der Waals surface area contributed by atoms with Crippen LogP contribution in [0.15, 0.2) is 0 Å². The first kappa shape index (κ1) is 14.9. The second-order valence-corrected chi connectivity index (χ2v) is 6.19. The van der Waals surface area contributed by atoms with Gasteiger partial charge in [0.25, 0.3) is 0 Å². The van der Waals surface area contributed by atoms with Gasteiger partial charge in [0.2, 0.25) is 0 Å². The molecule has 110 valence electrons. The second kappa shape index (κ2) is 6.31. The van der Waals surface area contributed by atoms with Crippen LogP contribution in [0.1, 0.15) is 44.9 Å². The van der Waals surface area contributed by atoms with Crippen molar-refractivity contribution in [2.45, 2.75) is 50.5 Å². The molecular formula is C14H25ClN2O2. The number of carbonyl (C=O) groups excluding carboxylic acids is 1. The van der Waals surface area contributed by atoms with E-state index in [1.165, 1.54) is 32.1 Å². The lowest BCUT2D eigenvalue weighted by molar-refractivity contribution is 0.0316. The first-order chi connectivity index (χ1) is 8.77. The van der Waals surface area contributed by atoms with Crippen LogP contribution in [0.2, 0.25) is 0 Å². The van der Waals surface area contributed by atoms with Crippen molar-refractivity contribution < 1.29 is 9.53 Å². The van der Waals surface area contributed by atoms with Crippen LogP contribution in [0, 0.1) is 5.92 Å². The molecule has 0 aromatic rings. The van der Waals surface area contributed by atoms with Gasteiger partial charge in [0.05, 0.1) is 6.54 Å². The minimum Gasteiger partial charge on any atom is -0.441 e. The summed E-state index contributed by atoms with van der Waals surface area (Å²) in [6.45, 7) is 3.70. The molecule has 19 heavy (non-hydrogen) atoms. The number of halogens is 1. The Hall–Kier alpha value is -0.480. The molecule has 1 saturated carbocycles. The number of amides is 1. The smallest absolute Gasteiger partial charge is 0.410 e. The highest BCUT2D eigenvalue weighted by Crippen LogP contribution is 2.33. The minimum atomic E-state index is -0.170. The van der Waals surface area contributed by atoms with Crippen LogP contribution in [0.3, 0.4) is 0 Å². The molecule has 1 amide bonds. The molecule has 0 unspecified atom stereocenters. The van der Waals surface area contributed by atoms with Crippen LogP contribution in [-0.4, -0.2) is 42.8 Å². The SMILES string of the molecule is Cl.O=C1OC2(CCNCC2)CN1CC1CCCCC1. The first-order valence-electron chi connectivity index (χ1n) is 7.46. The van der Waals surface area contributed by atoms with Crippen LogP contribution < -0.4 is 5.32 Å². The average molecular weight is 289 g/mol. The van der Waals surface area contributed by atoms with Crippen molar-refractivity contribution in [1.82, 2.24) is 10.2 Å². The van der Waals surface area contributed by atoms with E-state index in [1.54, 1.807) is 0 Å². The monoisotopic (exact) mass is 288 g/mol. The van der Waals surface area contributed by atoms with E-state index < -0.39 is 0 Å². The van der Waals surface area contributed by atoms with Gasteiger partial charge in [-0.2, -0.15) is 0 Å². The van der Waals surface area contributed by atoms with Crippen molar-refractivity contribution in [2.24, 2.45) is 5.92 Å². The molecule has 2 heterocycles. The molecular weight excluding hydrogens is 264 g/mol. The minimum absolute atomic E-state index is 0. The zero-order valence-corrected chi connectivity index (χ0v) is 12.3. The lowest BCUT2D eigenvalue weighted by Gasteiger charge is -2.31. The number of hydrogen-bond acceptors (Lipinski definition) is 3. The summed E-state index contributed by atoms with van der Waals surface area (Å²) in [5.41, 5.74) is -0.170. The van der Waals surface area contributed by atoms with Crippen molar-refractivity contribution in [3.8, 4) is 0 Å². The number of ether oxygens (including phenoxy) is 1. The van der Waals surface area contributed by atoms with E-state index in [-0.39, 0.29) is 24.1 Å². The maximum atomic E-state index is 12.0. The van der Waals surface area contributed by atoms with Crippen LogP contribution in [-0.2, 0) is 4.74 Å². The standard InChI is InChI=1S/C14H24N2O2.ClH/c17-13-16(10-12-4-2-1-3-5-12)11-14(18-13)6-8-15-9-7-14;/h12,15H,1-11H2;1H. The topological polar surface area (TPSA) is 41.6 Å². The summed E-state index contributed by atoms with van der Waals surface area (Å²) in [7, 11) is 0. The van der Waals surface area contributed by atoms with Crippen LogP contribution in [0.25, 0.3) is 0 Å². The predicted octanol–water partition coefficient (Wildman–Crippen LogP) is 2.56. The van der Waals surface area contributed by atoms with Crippen molar-refractivity contribution in [3.05, 3.63) is 0 Å². The lowest BCUT2D eigenvalue weighted by Crippen LogP contribution is -2.45. The third-order valence-corrected chi connectivity index (χ3v) is 4.76. The fourth-order valence-corrected chi connectivity index (χ4v) is 3.66. The number of piperidine rings is 1. The Bertz CT molecular complexity index is 313. The number of nitrogens with one attached hydrogen (secondary N) is 1. The van der Waals surface area contributed by atoms with E-state index >= 15 is 0 Å². The maximum absolute atomic E-state index is 12.0. The molecule has 5 heteroatoms. The van der Waals surface area contributed by atoms with Gasteiger partial charge in [-0.1, -0.05) is 19.3 Å². The molecule has 0 bridgehead atoms. The Labute approximate surface area is 121 Å². The molecule has 3 fully saturated rings. The Morgan fingerprint density at radius 2 is 1.89 bits per heavy atom. The number of rotatable bonds is 2. The van der Waals surface area contributed by atoms with Gasteiger partial charge < -0.3 is 15.0 Å². The zero-order chi connectivity index (χ0) is 12.4. The normalized spacial score (nSPS) is 27.2. The molecule has 2 saturated heterocycles. The number of nitrogens with zero attached hydrogens (tertiary/aromatic N) is 1. The van der Waals surface area contributed by atoms with Crippen LogP contribution >= 0.6 is 12.4 Å². The van der Waals surface area contributed by atoms with Gasteiger partial charge in [0.15, 0.2) is 0 Å². The molecule has 1 aliphatic carbocycles. The summed E-state index contributed by atoms with van der Waals surface area (Å²) in [6.07, 6.45) is 8.50. The Balaban J connectivity index is 0.00000133. The first-order valence-corrected chi connectivity index (χ1v) is 7.46. The highest BCUT2D eigenvalue weighted by Gasteiger charge is 2.45. The Morgan fingerprint density at radius 1 is 1.21 bits per heavy atom. The summed E-state index contributed by atoms with van der Waals surface area (Å²) >= 11 is 0. The maximum Gasteiger partial charge on any atom is 0.410 e. The van der Waals surface area contributed by atoms with Crippen molar-refractivity contribution >= 4 is 18.5 Å². The Morgan fingerprint density at radius 3 is 2.58 bits per heavy atom. The van der Waals surface area contributed by atoms with E-state index in [2.05, 4.69) is 5.32 Å². The summed E-state index contributed by atoms with van der Waals surface area (Å²) < 4.78 is 5.69. The van der Waals surface area contributed by atoms with Crippen LogP contribution in [0.5, 0.6) is 0 Å². The van der Waals surface area contributed by atoms with Crippen molar-refractivity contribution in [1.29, 1.82) is 0 Å². The third kappa shape index (κ3) is 3.34. The lowest BCUT2D eigenvalue weighted by atomic mass is 9.88. The molecule has 0 radical (unpaired) electrons. The Kier molecular flexibility index (Phi) is 4.96. The van der Waals surface area contributed by atoms with E-state index in [0.717, 1.165) is 39.0 Å². The molecule has 3 aliphatic rings. The summed E-state index contributed by atoms with van der Waals surface area (Å²) in [6, 6.07) is 0. The second-order valence-electron chi connectivity index (χ2n) is 6.19. The molecule has 1 N–H and O–H groups in total. The molecule has 1 spiro atoms. The van der Waals surface area contributed by atoms with Crippen molar-refractivity contribution in [2.75, 3.05) is 26.2 Å². The fourth-order valence-electron chi connectivity index (χ4n) is 3.66. The quantitative estimate of drug-likeness (QED) is 0.849. The molecule has 0 aromatic carbocycles. The molecule has 4 nitrogen and oxygen atoms in total. The van der Waals surface area contributed by atoms with Gasteiger partial charge in [-0.25, -0.2) is 4.79 Å². The van der Waals surface area contributed by atoms with Gasteiger partial charge in [-0.3, -0.25) is 0 Å². The van der Waals surface area contributed by atoms with E-state index in [4.69, 9.17) is 4.74 Å². The van der Waals surface area contributed by atoms with Gasteiger partial charge in [0, 0.05) is 19.4 Å². The molecule has 3 rings (SSSR count). The highest BCUT2D eigenvalue weighted by atomic mass is 35.5. The third-order valence-electron chi connectivity index (χ3n) is 4.76. The average Bonchev–Trinajstić information content (AvgIpc) is 2.68. The largest absolute Gasteiger partial charge is 0.441 e. The zero-order valence-electron chi connectivity index (χ0n) is 11.5. The number of carbonyl (C=O) groups is 1. The van der Waals surface area contributed by atoms with Gasteiger partial charge >= 0.3 is 6.09 Å². The van der Waals surface area contributed by atoms with Gasteiger partial charge in [-0.05, 0) is 31.8 Å². The summed E-state index contributed by atoms with van der Waals surface area (Å²) in [5.74, 6) is 0.711. The van der Waals surface area contributed by atoms with Gasteiger partial charge in [0.1, 0.15) is 5.60 Å². The summed E-state index contributed by atoms with van der Waals surface area (Å²) in [5, 5.41) is 3.34. The van der Waals surface area contributed by atoms with Gasteiger partial charge in [-0.15, -0.1) is 12.4 Å². The fraction of sp³-hybridized carbons (Fsp3) is 0.929. The summed E-state index contributed by atoms with van der Waals surface area (Å²) in [4.78, 5) is 14.0. The predicted molar refractivity (Wildman–Crippen MR) is 76.7 cm³/mol. The number of hydrogen-bond donors (Lipinski definition) is 1. The van der Waals surface area contributed by atoms with Crippen molar-refractivity contribution in [3.63, 3.8) is 0 Å². The molecule has 0 aromatic heterocycles. The highest BCUT2D eigenvalue weighted by molar-refractivity contribution is 5.85. The van der Waals surface area contributed by atoms with E-state index in [0.29, 0.717) is 5.92 Å². The van der Waals surface area contributed by atoms with E-state index in [9.17, 15) is 4.79 Å². The molecule has 2 aliphatic heterocycles.